The zero-order chi connectivity index (χ0) is 13.9. The van der Waals surface area contributed by atoms with Gasteiger partial charge in [0, 0.05) is 16.9 Å². The van der Waals surface area contributed by atoms with Gasteiger partial charge in [0.05, 0.1) is 5.71 Å². The van der Waals surface area contributed by atoms with E-state index in [2.05, 4.69) is 49.4 Å². The summed E-state index contributed by atoms with van der Waals surface area (Å²) < 4.78 is 0. The fraction of sp³-hybridized carbons (Fsp3) is 0.235. The highest BCUT2D eigenvalue weighted by Crippen LogP contribution is 2.39. The molecule has 0 saturated carbocycles. The lowest BCUT2D eigenvalue weighted by Crippen LogP contribution is -2.03. The van der Waals surface area contributed by atoms with Crippen LogP contribution in [0, 0.1) is 0 Å². The van der Waals surface area contributed by atoms with Gasteiger partial charge in [-0.1, -0.05) is 48.2 Å². The summed E-state index contributed by atoms with van der Waals surface area (Å²) >= 11 is 1.76. The van der Waals surface area contributed by atoms with Gasteiger partial charge < -0.3 is 5.73 Å². The van der Waals surface area contributed by atoms with E-state index in [4.69, 9.17) is 10.7 Å². The Kier molecular flexibility index (Phi) is 3.90. The molecule has 2 aliphatic rings. The highest BCUT2D eigenvalue weighted by Gasteiger charge is 2.22. The molecule has 2 nitrogen and oxygen atoms in total. The lowest BCUT2D eigenvalue weighted by Gasteiger charge is -2.08. The van der Waals surface area contributed by atoms with Crippen LogP contribution >= 0.6 is 11.8 Å². The largest absolute Gasteiger partial charge is 0.330 e. The summed E-state index contributed by atoms with van der Waals surface area (Å²) in [5, 5.41) is 1.12. The molecule has 20 heavy (non-hydrogen) atoms. The summed E-state index contributed by atoms with van der Waals surface area (Å²) in [5.41, 5.74) is 10.8. The molecule has 102 valence electrons. The van der Waals surface area contributed by atoms with E-state index in [0.29, 0.717) is 6.54 Å². The second-order valence-electron chi connectivity index (χ2n) is 4.95. The van der Waals surface area contributed by atoms with Gasteiger partial charge >= 0.3 is 0 Å². The Balaban J connectivity index is 1.89. The molecule has 1 aromatic carbocycles. The zero-order valence-corrected chi connectivity index (χ0v) is 12.4. The Morgan fingerprint density at radius 2 is 2.15 bits per heavy atom. The van der Waals surface area contributed by atoms with Crippen molar-refractivity contribution in [2.24, 2.45) is 10.7 Å². The fourth-order valence-electron chi connectivity index (χ4n) is 2.49. The van der Waals surface area contributed by atoms with Crippen LogP contribution in [-0.4, -0.2) is 12.3 Å². The Labute approximate surface area is 124 Å². The van der Waals surface area contributed by atoms with Crippen LogP contribution in [0.25, 0.3) is 0 Å². The number of allylic oxidation sites excluding steroid dienone is 5. The second-order valence-corrected chi connectivity index (χ2v) is 5.98. The number of nitrogens with zero attached hydrogens (tertiary/aromatic N) is 1. The van der Waals surface area contributed by atoms with Crippen molar-refractivity contribution in [3.05, 3.63) is 64.2 Å². The van der Waals surface area contributed by atoms with Crippen molar-refractivity contribution < 1.29 is 0 Å². The van der Waals surface area contributed by atoms with Gasteiger partial charge in [-0.25, -0.2) is 4.99 Å². The maximum Gasteiger partial charge on any atom is 0.105 e. The number of nitrogens with two attached hydrogens (primary N) is 1. The van der Waals surface area contributed by atoms with Crippen LogP contribution < -0.4 is 5.73 Å². The first-order chi connectivity index (χ1) is 9.79. The van der Waals surface area contributed by atoms with Gasteiger partial charge in [0.1, 0.15) is 5.03 Å². The van der Waals surface area contributed by atoms with E-state index in [1.165, 1.54) is 27.3 Å². The number of benzene rings is 1. The second kappa shape index (κ2) is 5.81. The summed E-state index contributed by atoms with van der Waals surface area (Å²) in [5.74, 6) is 0. The van der Waals surface area contributed by atoms with Gasteiger partial charge in [-0.2, -0.15) is 0 Å². The van der Waals surface area contributed by atoms with Gasteiger partial charge in [-0.15, -0.1) is 0 Å². The standard InChI is InChI=1S/C17H18N2S/c1-12-14-7-3-4-8-15(14)19-17(12)20-16-9-5-2-6-13(16)10-11-18/h2-7,9H,8,10-11,18H2,1H3. The van der Waals surface area contributed by atoms with Crippen molar-refractivity contribution in [3.63, 3.8) is 0 Å². The molecule has 0 fully saturated rings. The molecular formula is C17H18N2S. The molecule has 2 N–H and O–H groups in total. The average Bonchev–Trinajstić information content (AvgIpc) is 2.79. The lowest BCUT2D eigenvalue weighted by atomic mass is 9.99. The van der Waals surface area contributed by atoms with E-state index < -0.39 is 0 Å². The molecule has 0 radical (unpaired) electrons. The monoisotopic (exact) mass is 282 g/mol. The first kappa shape index (κ1) is 13.4. The Bertz CT molecular complexity index is 651. The summed E-state index contributed by atoms with van der Waals surface area (Å²) in [6.45, 7) is 2.84. The third kappa shape index (κ3) is 2.51. The van der Waals surface area contributed by atoms with Crippen LogP contribution in [0.15, 0.2) is 68.6 Å². The van der Waals surface area contributed by atoms with Gasteiger partial charge in [0.2, 0.25) is 0 Å². The van der Waals surface area contributed by atoms with E-state index in [0.717, 1.165) is 17.9 Å². The normalized spacial score (nSPS) is 17.1. The number of thioether (sulfide) groups is 1. The molecule has 1 aliphatic carbocycles. The maximum absolute atomic E-state index is 5.69. The topological polar surface area (TPSA) is 38.4 Å². The molecule has 3 heteroatoms. The van der Waals surface area contributed by atoms with Crippen molar-refractivity contribution in [2.45, 2.75) is 24.7 Å². The Morgan fingerprint density at radius 3 is 2.95 bits per heavy atom. The summed E-state index contributed by atoms with van der Waals surface area (Å²) in [6.07, 6.45) is 8.30. The van der Waals surface area contributed by atoms with E-state index in [1.807, 2.05) is 0 Å². The SMILES string of the molecule is CC1=C(Sc2ccccc2CCN)N=C2CC=CC=C21. The number of fused-ring (bicyclic) bond motifs is 1. The first-order valence-electron chi connectivity index (χ1n) is 6.91. The summed E-state index contributed by atoms with van der Waals surface area (Å²) in [4.78, 5) is 6.06. The van der Waals surface area contributed by atoms with Crippen LogP contribution in [0.3, 0.4) is 0 Å². The van der Waals surface area contributed by atoms with E-state index in [-0.39, 0.29) is 0 Å². The van der Waals surface area contributed by atoms with Crippen molar-refractivity contribution in [1.82, 2.24) is 0 Å². The molecule has 0 saturated heterocycles. The Hall–Kier alpha value is -1.58. The van der Waals surface area contributed by atoms with Gasteiger partial charge in [-0.3, -0.25) is 0 Å². The van der Waals surface area contributed by atoms with Gasteiger partial charge in [-0.05, 0) is 37.1 Å². The van der Waals surface area contributed by atoms with E-state index in [1.54, 1.807) is 11.8 Å². The number of hydrogen-bond acceptors (Lipinski definition) is 3. The minimum Gasteiger partial charge on any atom is -0.330 e. The minimum atomic E-state index is 0.680. The third-order valence-corrected chi connectivity index (χ3v) is 4.78. The predicted molar refractivity (Wildman–Crippen MR) is 87.0 cm³/mol. The maximum atomic E-state index is 5.69. The predicted octanol–water partition coefficient (Wildman–Crippen LogP) is 3.85. The van der Waals surface area contributed by atoms with Crippen LogP contribution in [0.5, 0.6) is 0 Å². The van der Waals surface area contributed by atoms with Crippen LogP contribution in [-0.2, 0) is 6.42 Å². The van der Waals surface area contributed by atoms with Crippen molar-refractivity contribution in [1.29, 1.82) is 0 Å². The molecular weight excluding hydrogens is 264 g/mol. The highest BCUT2D eigenvalue weighted by molar-refractivity contribution is 8.03. The molecule has 0 spiro atoms. The van der Waals surface area contributed by atoms with Gasteiger partial charge in [0.15, 0.2) is 0 Å². The number of hydrogen-bond donors (Lipinski definition) is 1. The molecule has 0 bridgehead atoms. The third-order valence-electron chi connectivity index (χ3n) is 3.58. The lowest BCUT2D eigenvalue weighted by molar-refractivity contribution is 0.945. The van der Waals surface area contributed by atoms with E-state index in [9.17, 15) is 0 Å². The number of rotatable bonds is 4. The summed E-state index contributed by atoms with van der Waals surface area (Å²) in [6, 6.07) is 8.46. The molecule has 1 aliphatic heterocycles. The van der Waals surface area contributed by atoms with Gasteiger partial charge in [0.25, 0.3) is 0 Å². The zero-order valence-electron chi connectivity index (χ0n) is 11.6. The molecule has 1 heterocycles. The highest BCUT2D eigenvalue weighted by atomic mass is 32.2. The minimum absolute atomic E-state index is 0.680. The molecule has 1 aromatic rings. The van der Waals surface area contributed by atoms with Crippen LogP contribution in [0.2, 0.25) is 0 Å². The molecule has 0 atom stereocenters. The van der Waals surface area contributed by atoms with Crippen molar-refractivity contribution in [3.8, 4) is 0 Å². The number of aliphatic imine (C=N–C) groups is 1. The first-order valence-corrected chi connectivity index (χ1v) is 7.73. The summed E-state index contributed by atoms with van der Waals surface area (Å²) in [7, 11) is 0. The molecule has 0 amide bonds. The average molecular weight is 282 g/mol. The molecule has 0 unspecified atom stereocenters. The quantitative estimate of drug-likeness (QED) is 0.911. The smallest absolute Gasteiger partial charge is 0.105 e. The fourth-order valence-corrected chi connectivity index (χ4v) is 3.56. The van der Waals surface area contributed by atoms with E-state index >= 15 is 0 Å². The Morgan fingerprint density at radius 1 is 1.30 bits per heavy atom. The molecule has 0 aromatic heterocycles. The van der Waals surface area contributed by atoms with Crippen LogP contribution in [0.4, 0.5) is 0 Å². The van der Waals surface area contributed by atoms with Crippen LogP contribution in [0.1, 0.15) is 18.9 Å². The van der Waals surface area contributed by atoms with Crippen molar-refractivity contribution in [2.75, 3.05) is 6.54 Å². The van der Waals surface area contributed by atoms with Crippen molar-refractivity contribution >= 4 is 17.5 Å². The molecule has 3 rings (SSSR count).